The number of benzene rings is 2. The van der Waals surface area contributed by atoms with E-state index >= 15 is 0 Å². The highest BCUT2D eigenvalue weighted by Crippen LogP contribution is 2.32. The Morgan fingerprint density at radius 2 is 1.73 bits per heavy atom. The van der Waals surface area contributed by atoms with Crippen LogP contribution in [0.1, 0.15) is 10.4 Å². The third-order valence-electron chi connectivity index (χ3n) is 3.89. The third kappa shape index (κ3) is 6.86. The van der Waals surface area contributed by atoms with Gasteiger partial charge in [-0.25, -0.2) is 25.1 Å². The maximum absolute atomic E-state index is 13.0. The van der Waals surface area contributed by atoms with Gasteiger partial charge in [-0.2, -0.15) is 0 Å². The van der Waals surface area contributed by atoms with E-state index < -0.39 is 17.8 Å². The van der Waals surface area contributed by atoms with Crippen LogP contribution in [0.2, 0.25) is 5.02 Å². The summed E-state index contributed by atoms with van der Waals surface area (Å²) >= 11 is 9.54. The molecule has 0 fully saturated rings. The molecule has 1 aromatic heterocycles. The molecular formula is C20H17BrCl2N6O4. The molecule has 10 nitrogen and oxygen atoms in total. The van der Waals surface area contributed by atoms with E-state index in [2.05, 4.69) is 36.7 Å². The molecule has 0 bridgehead atoms. The third-order valence-corrected chi connectivity index (χ3v) is 4.60. The van der Waals surface area contributed by atoms with Gasteiger partial charge in [0.1, 0.15) is 5.75 Å². The first-order chi connectivity index (χ1) is 15.4. The van der Waals surface area contributed by atoms with E-state index in [-0.39, 0.29) is 47.0 Å². The van der Waals surface area contributed by atoms with Crippen LogP contribution < -0.4 is 26.2 Å². The molecule has 4 N–H and O–H groups in total. The summed E-state index contributed by atoms with van der Waals surface area (Å²) in [6, 6.07) is 11.5. The monoisotopic (exact) mass is 554 g/mol. The molecule has 33 heavy (non-hydrogen) atoms. The van der Waals surface area contributed by atoms with Crippen LogP contribution in [0.25, 0.3) is 0 Å². The molecule has 0 radical (unpaired) electrons. The fourth-order valence-corrected chi connectivity index (χ4v) is 2.85. The van der Waals surface area contributed by atoms with Gasteiger partial charge in [-0.1, -0.05) is 29.8 Å². The van der Waals surface area contributed by atoms with E-state index in [1.165, 1.54) is 30.6 Å². The molecule has 0 aliphatic carbocycles. The van der Waals surface area contributed by atoms with Gasteiger partial charge in [-0.05, 0) is 46.3 Å². The maximum Gasteiger partial charge on any atom is 0.347 e. The van der Waals surface area contributed by atoms with E-state index in [0.717, 1.165) is 4.90 Å². The van der Waals surface area contributed by atoms with Crippen LogP contribution in [0.3, 0.4) is 0 Å². The number of aromatic nitrogens is 2. The standard InChI is InChI=1S/C20H16BrClN6O4.ClH/c21-13-10-24-19(25-11-13)32-16-7-6-14(8-15(16)22)28(20(31)27-26-17(29)9-23)18(30)12-4-2-1-3-5-12;/h1-8,10-11H,9,23H2,(H,26,29)(H,27,31);1H. The van der Waals surface area contributed by atoms with E-state index in [1.807, 2.05) is 0 Å². The minimum absolute atomic E-state index is 0. The zero-order valence-electron chi connectivity index (χ0n) is 16.7. The van der Waals surface area contributed by atoms with E-state index in [4.69, 9.17) is 22.1 Å². The lowest BCUT2D eigenvalue weighted by atomic mass is 10.2. The molecule has 0 aliphatic rings. The smallest absolute Gasteiger partial charge is 0.347 e. The van der Waals surface area contributed by atoms with Crippen LogP contribution in [0.15, 0.2) is 65.4 Å². The largest absolute Gasteiger partial charge is 0.423 e. The first-order valence-electron chi connectivity index (χ1n) is 9.02. The number of halogens is 3. The van der Waals surface area contributed by atoms with Crippen LogP contribution in [-0.4, -0.2) is 34.4 Å². The van der Waals surface area contributed by atoms with Gasteiger partial charge in [0.05, 0.1) is 21.7 Å². The lowest BCUT2D eigenvalue weighted by molar-refractivity contribution is -0.120. The number of hydrazine groups is 1. The lowest BCUT2D eigenvalue weighted by Gasteiger charge is -2.22. The molecule has 2 aromatic carbocycles. The quantitative estimate of drug-likeness (QED) is 0.409. The number of imide groups is 1. The van der Waals surface area contributed by atoms with E-state index in [0.29, 0.717) is 4.47 Å². The van der Waals surface area contributed by atoms with Gasteiger partial charge < -0.3 is 10.5 Å². The molecule has 13 heteroatoms. The van der Waals surface area contributed by atoms with Crippen LogP contribution in [0.4, 0.5) is 10.5 Å². The van der Waals surface area contributed by atoms with Gasteiger partial charge in [0.25, 0.3) is 11.8 Å². The summed E-state index contributed by atoms with van der Waals surface area (Å²) in [5.41, 5.74) is 9.86. The Morgan fingerprint density at radius 1 is 1.06 bits per heavy atom. The fourth-order valence-electron chi connectivity index (χ4n) is 2.43. The second-order valence-corrected chi connectivity index (χ2v) is 7.41. The summed E-state index contributed by atoms with van der Waals surface area (Å²) in [5.74, 6) is -1.07. The summed E-state index contributed by atoms with van der Waals surface area (Å²) in [5, 5.41) is 0.0960. The van der Waals surface area contributed by atoms with Crippen LogP contribution in [0, 0.1) is 0 Å². The molecule has 0 unspecified atom stereocenters. The highest BCUT2D eigenvalue weighted by Gasteiger charge is 2.26. The number of carbonyl (C=O) groups excluding carboxylic acids is 3. The Hall–Kier alpha value is -3.25. The second kappa shape index (κ2) is 12.1. The number of nitrogens with zero attached hydrogens (tertiary/aromatic N) is 3. The number of rotatable bonds is 5. The SMILES string of the molecule is Cl.NCC(=O)NNC(=O)N(C(=O)c1ccccc1)c1ccc(Oc2ncc(Br)cn2)c(Cl)c1. The molecule has 1 heterocycles. The predicted molar refractivity (Wildman–Crippen MR) is 127 cm³/mol. The van der Waals surface area contributed by atoms with Gasteiger partial charge >= 0.3 is 12.0 Å². The van der Waals surface area contributed by atoms with Crippen molar-refractivity contribution in [2.24, 2.45) is 5.73 Å². The second-order valence-electron chi connectivity index (χ2n) is 6.09. The van der Waals surface area contributed by atoms with Gasteiger partial charge in [0, 0.05) is 18.0 Å². The average molecular weight is 556 g/mol. The topological polar surface area (TPSA) is 140 Å². The summed E-state index contributed by atoms with van der Waals surface area (Å²) in [6.07, 6.45) is 3.01. The Kier molecular flexibility index (Phi) is 9.55. The van der Waals surface area contributed by atoms with Crippen molar-refractivity contribution in [3.8, 4) is 11.8 Å². The molecule has 0 saturated heterocycles. The minimum atomic E-state index is -0.915. The number of nitrogens with one attached hydrogen (secondary N) is 2. The molecular weight excluding hydrogens is 539 g/mol. The summed E-state index contributed by atoms with van der Waals surface area (Å²) in [4.78, 5) is 46.0. The van der Waals surface area contributed by atoms with Crippen molar-refractivity contribution in [2.45, 2.75) is 0 Å². The Balaban J connectivity index is 0.00000385. The van der Waals surface area contributed by atoms with Crippen LogP contribution in [-0.2, 0) is 4.79 Å². The lowest BCUT2D eigenvalue weighted by Crippen LogP contribution is -2.52. The molecule has 0 aliphatic heterocycles. The van der Waals surface area contributed by atoms with Crippen molar-refractivity contribution in [3.05, 3.63) is 76.0 Å². The number of carbonyl (C=O) groups is 3. The number of urea groups is 1. The van der Waals surface area contributed by atoms with Gasteiger partial charge in [0.2, 0.25) is 0 Å². The molecule has 3 aromatic rings. The number of nitrogens with two attached hydrogens (primary N) is 1. The van der Waals surface area contributed by atoms with Gasteiger partial charge in [-0.3, -0.25) is 15.0 Å². The summed E-state index contributed by atoms with van der Waals surface area (Å²) < 4.78 is 6.22. The van der Waals surface area contributed by atoms with Crippen molar-refractivity contribution in [3.63, 3.8) is 0 Å². The first-order valence-corrected chi connectivity index (χ1v) is 10.2. The highest BCUT2D eigenvalue weighted by atomic mass is 79.9. The summed E-state index contributed by atoms with van der Waals surface area (Å²) in [6.45, 7) is -0.344. The maximum atomic E-state index is 13.0. The predicted octanol–water partition coefficient (Wildman–Crippen LogP) is 3.45. The summed E-state index contributed by atoms with van der Waals surface area (Å²) in [7, 11) is 0. The molecule has 0 atom stereocenters. The van der Waals surface area contributed by atoms with Crippen LogP contribution >= 0.6 is 39.9 Å². The molecule has 0 saturated carbocycles. The first kappa shape index (κ1) is 26.0. The normalized spacial score (nSPS) is 9.91. The molecule has 3 rings (SSSR count). The zero-order chi connectivity index (χ0) is 23.1. The number of anilines is 1. The number of ether oxygens (including phenoxy) is 1. The van der Waals surface area contributed by atoms with Crippen molar-refractivity contribution >= 4 is 63.5 Å². The number of hydrogen-bond acceptors (Lipinski definition) is 7. The van der Waals surface area contributed by atoms with E-state index in [9.17, 15) is 14.4 Å². The minimum Gasteiger partial charge on any atom is -0.423 e. The zero-order valence-corrected chi connectivity index (χ0v) is 19.9. The van der Waals surface area contributed by atoms with E-state index in [1.54, 1.807) is 30.3 Å². The fraction of sp³-hybridized carbons (Fsp3) is 0.0500. The highest BCUT2D eigenvalue weighted by molar-refractivity contribution is 9.10. The van der Waals surface area contributed by atoms with Crippen molar-refractivity contribution in [1.29, 1.82) is 0 Å². The van der Waals surface area contributed by atoms with Crippen molar-refractivity contribution < 1.29 is 19.1 Å². The number of amides is 4. The van der Waals surface area contributed by atoms with Gasteiger partial charge in [-0.15, -0.1) is 12.4 Å². The Morgan fingerprint density at radius 3 is 2.33 bits per heavy atom. The molecule has 0 spiro atoms. The molecule has 4 amide bonds. The van der Waals surface area contributed by atoms with Crippen molar-refractivity contribution in [2.75, 3.05) is 11.4 Å². The average Bonchev–Trinajstić information content (AvgIpc) is 2.81. The Labute approximate surface area is 208 Å². The molecule has 172 valence electrons. The Bertz CT molecular complexity index is 1140. The number of hydrogen-bond donors (Lipinski definition) is 3. The van der Waals surface area contributed by atoms with Crippen LogP contribution in [0.5, 0.6) is 11.8 Å². The van der Waals surface area contributed by atoms with Crippen molar-refractivity contribution in [1.82, 2.24) is 20.8 Å². The van der Waals surface area contributed by atoms with Gasteiger partial charge in [0.15, 0.2) is 0 Å².